The molecule has 2 heterocycles. The topological polar surface area (TPSA) is 50.8 Å². The molecule has 0 bridgehead atoms. The van der Waals surface area contributed by atoms with Gasteiger partial charge in [0.1, 0.15) is 5.75 Å². The molecular weight excluding hydrogens is 292 g/mol. The highest BCUT2D eigenvalue weighted by Gasteiger charge is 2.32. The van der Waals surface area contributed by atoms with Gasteiger partial charge in [-0.3, -0.25) is 0 Å². The van der Waals surface area contributed by atoms with Crippen LogP contribution in [0.25, 0.3) is 0 Å². The average Bonchev–Trinajstić information content (AvgIpc) is 3.26. The van der Waals surface area contributed by atoms with Gasteiger partial charge in [-0.1, -0.05) is 12.1 Å². The Morgan fingerprint density at radius 2 is 2.26 bits per heavy atom. The monoisotopic (exact) mass is 318 g/mol. The van der Waals surface area contributed by atoms with Gasteiger partial charge in [-0.15, -0.1) is 0 Å². The van der Waals surface area contributed by atoms with Crippen LogP contribution in [0.2, 0.25) is 0 Å². The molecule has 2 amide bonds. The smallest absolute Gasteiger partial charge is 0.318 e. The van der Waals surface area contributed by atoms with E-state index < -0.39 is 0 Å². The Hall–Kier alpha value is -1.75. The van der Waals surface area contributed by atoms with Gasteiger partial charge in [-0.05, 0) is 50.3 Å². The van der Waals surface area contributed by atoms with E-state index in [1.165, 1.54) is 0 Å². The molecule has 0 saturated carbocycles. The number of rotatable bonds is 4. The number of nitrogens with zero attached hydrogens (tertiary/aromatic N) is 1. The lowest BCUT2D eigenvalue weighted by molar-refractivity contribution is 0.0829. The Morgan fingerprint density at radius 3 is 3.00 bits per heavy atom. The van der Waals surface area contributed by atoms with Crippen LogP contribution in [0.1, 0.15) is 44.2 Å². The van der Waals surface area contributed by atoms with Gasteiger partial charge in [-0.2, -0.15) is 0 Å². The van der Waals surface area contributed by atoms with Gasteiger partial charge >= 0.3 is 6.03 Å². The number of amides is 2. The van der Waals surface area contributed by atoms with Crippen LogP contribution in [0.15, 0.2) is 24.3 Å². The maximum atomic E-state index is 12.7. The zero-order chi connectivity index (χ0) is 16.2. The van der Waals surface area contributed by atoms with Crippen molar-refractivity contribution in [1.82, 2.24) is 10.2 Å². The van der Waals surface area contributed by atoms with Gasteiger partial charge in [0, 0.05) is 13.2 Å². The third kappa shape index (κ3) is 3.61. The first-order valence-electron chi connectivity index (χ1n) is 8.51. The minimum absolute atomic E-state index is 0.0123. The largest absolute Gasteiger partial charge is 0.497 e. The highest BCUT2D eigenvalue weighted by atomic mass is 16.5. The van der Waals surface area contributed by atoms with Crippen LogP contribution in [0.3, 0.4) is 0 Å². The summed E-state index contributed by atoms with van der Waals surface area (Å²) in [5, 5.41) is 3.12. The van der Waals surface area contributed by atoms with E-state index in [0.29, 0.717) is 0 Å². The zero-order valence-electron chi connectivity index (χ0n) is 14.0. The Bertz CT molecular complexity index is 543. The van der Waals surface area contributed by atoms with Crippen molar-refractivity contribution >= 4 is 6.03 Å². The van der Waals surface area contributed by atoms with Crippen molar-refractivity contribution in [2.24, 2.45) is 0 Å². The Labute approximate surface area is 137 Å². The maximum Gasteiger partial charge on any atom is 0.318 e. The van der Waals surface area contributed by atoms with E-state index in [-0.39, 0.29) is 24.2 Å². The van der Waals surface area contributed by atoms with Crippen molar-refractivity contribution in [2.45, 2.75) is 50.8 Å². The number of benzene rings is 1. The van der Waals surface area contributed by atoms with E-state index >= 15 is 0 Å². The highest BCUT2D eigenvalue weighted by Crippen LogP contribution is 2.33. The van der Waals surface area contributed by atoms with E-state index in [9.17, 15) is 4.79 Å². The summed E-state index contributed by atoms with van der Waals surface area (Å²) in [6.07, 6.45) is 4.29. The third-order valence-electron chi connectivity index (χ3n) is 4.87. The van der Waals surface area contributed by atoms with Crippen LogP contribution in [-0.2, 0) is 4.74 Å². The number of hydrogen-bond donors (Lipinski definition) is 1. The molecule has 0 spiro atoms. The van der Waals surface area contributed by atoms with E-state index in [0.717, 1.165) is 50.1 Å². The summed E-state index contributed by atoms with van der Waals surface area (Å²) in [6.45, 7) is 3.64. The van der Waals surface area contributed by atoms with Gasteiger partial charge in [0.15, 0.2) is 0 Å². The van der Waals surface area contributed by atoms with Crippen molar-refractivity contribution in [3.8, 4) is 5.75 Å². The molecule has 5 heteroatoms. The van der Waals surface area contributed by atoms with Crippen LogP contribution in [0, 0.1) is 0 Å². The summed E-state index contributed by atoms with van der Waals surface area (Å²) in [5.41, 5.74) is 1.14. The minimum Gasteiger partial charge on any atom is -0.497 e. The molecule has 5 nitrogen and oxygen atoms in total. The van der Waals surface area contributed by atoms with Crippen molar-refractivity contribution in [3.63, 3.8) is 0 Å². The average molecular weight is 318 g/mol. The molecule has 23 heavy (non-hydrogen) atoms. The second-order valence-electron chi connectivity index (χ2n) is 6.42. The molecule has 0 aromatic heterocycles. The number of carbonyl (C=O) groups is 1. The van der Waals surface area contributed by atoms with Gasteiger partial charge in [-0.25, -0.2) is 4.79 Å². The van der Waals surface area contributed by atoms with E-state index in [1.54, 1.807) is 7.11 Å². The Kier molecular flexibility index (Phi) is 5.06. The molecule has 0 aliphatic carbocycles. The summed E-state index contributed by atoms with van der Waals surface area (Å²) in [4.78, 5) is 14.6. The molecule has 2 aliphatic heterocycles. The second kappa shape index (κ2) is 7.21. The predicted molar refractivity (Wildman–Crippen MR) is 88.6 cm³/mol. The van der Waals surface area contributed by atoms with E-state index in [2.05, 4.69) is 11.4 Å². The number of carbonyl (C=O) groups excluding carboxylic acids is 1. The normalized spacial score (nSPS) is 25.4. The van der Waals surface area contributed by atoms with Crippen LogP contribution in [0.5, 0.6) is 5.75 Å². The molecule has 2 saturated heterocycles. The lowest BCUT2D eigenvalue weighted by Crippen LogP contribution is -2.47. The minimum atomic E-state index is 0.0123. The van der Waals surface area contributed by atoms with Gasteiger partial charge in [0.2, 0.25) is 0 Å². The number of ether oxygens (including phenoxy) is 2. The number of hydrogen-bond acceptors (Lipinski definition) is 3. The molecule has 0 unspecified atom stereocenters. The molecule has 2 aliphatic rings. The van der Waals surface area contributed by atoms with Gasteiger partial charge in [0.25, 0.3) is 0 Å². The SMILES string of the molecule is COc1cccc([C@@H]2CCCN2C(=O)N[C@H](C)[C@@H]2CCCO2)c1. The summed E-state index contributed by atoms with van der Waals surface area (Å²) in [7, 11) is 1.67. The number of urea groups is 1. The number of methoxy groups -OCH3 is 1. The fourth-order valence-corrected chi connectivity index (χ4v) is 3.57. The van der Waals surface area contributed by atoms with Crippen LogP contribution in [-0.4, -0.2) is 43.3 Å². The molecule has 126 valence electrons. The quantitative estimate of drug-likeness (QED) is 0.928. The van der Waals surface area contributed by atoms with Crippen molar-refractivity contribution in [2.75, 3.05) is 20.3 Å². The summed E-state index contributed by atoms with van der Waals surface area (Å²) in [6, 6.07) is 8.21. The Morgan fingerprint density at radius 1 is 1.39 bits per heavy atom. The molecule has 2 fully saturated rings. The molecule has 3 atom stereocenters. The molecule has 0 radical (unpaired) electrons. The molecule has 1 aromatic carbocycles. The Balaban J connectivity index is 1.66. The lowest BCUT2D eigenvalue weighted by atomic mass is 10.0. The standard InChI is InChI=1S/C18H26N2O3/c1-13(17-9-5-11-23-17)19-18(21)20-10-4-8-16(20)14-6-3-7-15(12-14)22-2/h3,6-7,12-13,16-17H,4-5,8-11H2,1-2H3,(H,19,21)/t13-,16+,17+/m1/s1. The van der Waals surface area contributed by atoms with Crippen LogP contribution < -0.4 is 10.1 Å². The molecule has 1 N–H and O–H groups in total. The number of likely N-dealkylation sites (tertiary alicyclic amines) is 1. The second-order valence-corrected chi connectivity index (χ2v) is 6.42. The van der Waals surface area contributed by atoms with Gasteiger partial charge < -0.3 is 19.7 Å². The first kappa shape index (κ1) is 16.1. The van der Waals surface area contributed by atoms with Crippen molar-refractivity contribution in [1.29, 1.82) is 0 Å². The molecule has 3 rings (SSSR count). The van der Waals surface area contributed by atoms with Gasteiger partial charge in [0.05, 0.1) is 25.3 Å². The van der Waals surface area contributed by atoms with Crippen LogP contribution >= 0.6 is 0 Å². The maximum absolute atomic E-state index is 12.7. The zero-order valence-corrected chi connectivity index (χ0v) is 14.0. The fourth-order valence-electron chi connectivity index (χ4n) is 3.57. The highest BCUT2D eigenvalue weighted by molar-refractivity contribution is 5.75. The predicted octanol–water partition coefficient (Wildman–Crippen LogP) is 3.11. The van der Waals surface area contributed by atoms with E-state index in [4.69, 9.17) is 9.47 Å². The van der Waals surface area contributed by atoms with Crippen molar-refractivity contribution in [3.05, 3.63) is 29.8 Å². The first-order chi connectivity index (χ1) is 11.2. The van der Waals surface area contributed by atoms with E-state index in [1.807, 2.05) is 30.0 Å². The summed E-state index contributed by atoms with van der Waals surface area (Å²) >= 11 is 0. The molecular formula is C18H26N2O3. The first-order valence-corrected chi connectivity index (χ1v) is 8.51. The molecule has 1 aromatic rings. The third-order valence-corrected chi connectivity index (χ3v) is 4.87. The van der Waals surface area contributed by atoms with Crippen LogP contribution in [0.4, 0.5) is 4.79 Å². The van der Waals surface area contributed by atoms with Crippen molar-refractivity contribution < 1.29 is 14.3 Å². The number of nitrogens with one attached hydrogen (secondary N) is 1. The lowest BCUT2D eigenvalue weighted by Gasteiger charge is -2.28. The fraction of sp³-hybridized carbons (Fsp3) is 0.611. The summed E-state index contributed by atoms with van der Waals surface area (Å²) in [5.74, 6) is 0.836. The summed E-state index contributed by atoms with van der Waals surface area (Å²) < 4.78 is 11.0.